The minimum atomic E-state index is -5.08. The third-order valence-corrected chi connectivity index (χ3v) is 1.36. The molecule has 0 radical (unpaired) electrons. The second-order valence-corrected chi connectivity index (χ2v) is 2.74. The maximum Gasteiger partial charge on any atom is 0.490 e. The van der Waals surface area contributed by atoms with Gasteiger partial charge in [0.05, 0.1) is 19.3 Å². The van der Waals surface area contributed by atoms with Crippen LogP contribution >= 0.6 is 0 Å². The number of β-amino-alcohol motifs (C(OH)–C–C–N with tert-alkyl or cyclic N) is 1. The Balaban J connectivity index is 0.000000265. The number of carbonyl (C=O) groups is 1. The van der Waals surface area contributed by atoms with Gasteiger partial charge in [-0.1, -0.05) is 0 Å². The first-order chi connectivity index (χ1) is 6.84. The number of carboxylic acids is 1. The molecule has 0 aromatic heterocycles. The molecule has 1 aliphatic heterocycles. The summed E-state index contributed by atoms with van der Waals surface area (Å²) in [5, 5.41) is 19.0. The van der Waals surface area contributed by atoms with E-state index < -0.39 is 12.1 Å². The van der Waals surface area contributed by atoms with Gasteiger partial charge in [0.2, 0.25) is 0 Å². The first kappa shape index (κ1) is 14.1. The molecular weight excluding hydrogens is 219 g/mol. The largest absolute Gasteiger partial charge is 0.490 e. The van der Waals surface area contributed by atoms with Crippen molar-refractivity contribution in [2.45, 2.75) is 12.3 Å². The summed E-state index contributed by atoms with van der Waals surface area (Å²) in [6.07, 6.45) is -5.39. The van der Waals surface area contributed by atoms with Crippen molar-refractivity contribution in [3.05, 3.63) is 0 Å². The first-order valence-corrected chi connectivity index (χ1v) is 4.10. The van der Waals surface area contributed by atoms with E-state index in [4.69, 9.17) is 19.7 Å². The van der Waals surface area contributed by atoms with E-state index in [9.17, 15) is 13.2 Å². The second-order valence-electron chi connectivity index (χ2n) is 2.74. The molecule has 0 aromatic rings. The fourth-order valence-corrected chi connectivity index (χ4v) is 0.691. The van der Waals surface area contributed by atoms with Crippen molar-refractivity contribution in [2.75, 3.05) is 26.3 Å². The summed E-state index contributed by atoms with van der Waals surface area (Å²) in [6, 6.07) is 0. The van der Waals surface area contributed by atoms with Crippen molar-refractivity contribution in [3.8, 4) is 0 Å². The van der Waals surface area contributed by atoms with Gasteiger partial charge < -0.3 is 20.3 Å². The van der Waals surface area contributed by atoms with Crippen molar-refractivity contribution >= 4 is 5.97 Å². The van der Waals surface area contributed by atoms with Gasteiger partial charge >= 0.3 is 12.1 Å². The Morgan fingerprint density at radius 1 is 1.47 bits per heavy atom. The molecule has 1 aliphatic rings. The summed E-state index contributed by atoms with van der Waals surface area (Å²) < 4.78 is 36.7. The number of aliphatic hydroxyl groups excluding tert-OH is 1. The third kappa shape index (κ3) is 8.16. The maximum atomic E-state index is 10.6. The van der Waals surface area contributed by atoms with Gasteiger partial charge in [-0.15, -0.1) is 0 Å². The van der Waals surface area contributed by atoms with Crippen LogP contribution in [0.15, 0.2) is 0 Å². The average Bonchev–Trinajstić information content (AvgIpc) is 2.32. The molecule has 15 heavy (non-hydrogen) atoms. The molecule has 1 heterocycles. The molecule has 90 valence electrons. The summed E-state index contributed by atoms with van der Waals surface area (Å²) in [6.45, 7) is 2.72. The fraction of sp³-hybridized carbons (Fsp3) is 0.857. The highest BCUT2D eigenvalue weighted by Crippen LogP contribution is 2.13. The van der Waals surface area contributed by atoms with Gasteiger partial charge in [0, 0.05) is 13.1 Å². The standard InChI is InChI=1S/C5H11NO2.C2HF3O2/c7-5-3-6-1-2-8-4-5;3-2(4,5)1(6)7/h5-7H,1-4H2;(H,6,7). The molecule has 5 nitrogen and oxygen atoms in total. The number of rotatable bonds is 0. The van der Waals surface area contributed by atoms with E-state index in [1.165, 1.54) is 0 Å². The number of nitrogens with one attached hydrogen (secondary N) is 1. The van der Waals surface area contributed by atoms with Crippen molar-refractivity contribution in [3.63, 3.8) is 0 Å². The Morgan fingerprint density at radius 2 is 2.00 bits per heavy atom. The van der Waals surface area contributed by atoms with Crippen molar-refractivity contribution < 1.29 is 32.9 Å². The van der Waals surface area contributed by atoms with Gasteiger partial charge in [0.25, 0.3) is 0 Å². The lowest BCUT2D eigenvalue weighted by molar-refractivity contribution is -0.192. The number of aliphatic hydroxyl groups is 1. The summed E-state index contributed by atoms with van der Waals surface area (Å²) in [5.74, 6) is -2.76. The SMILES string of the molecule is O=C(O)C(F)(F)F.OC1CNCCOC1. The molecule has 1 unspecified atom stereocenters. The van der Waals surface area contributed by atoms with Crippen LogP contribution in [0.3, 0.4) is 0 Å². The van der Waals surface area contributed by atoms with Crippen LogP contribution in [-0.2, 0) is 9.53 Å². The van der Waals surface area contributed by atoms with Gasteiger partial charge in [0.15, 0.2) is 0 Å². The predicted octanol–water partition coefficient (Wildman–Crippen LogP) is -0.400. The minimum absolute atomic E-state index is 0.308. The van der Waals surface area contributed by atoms with E-state index in [1.54, 1.807) is 0 Å². The number of carboxylic acid groups (broad SMARTS) is 1. The second kappa shape index (κ2) is 6.59. The Hall–Kier alpha value is -0.860. The highest BCUT2D eigenvalue weighted by atomic mass is 19.4. The molecule has 1 saturated heterocycles. The average molecular weight is 231 g/mol. The Kier molecular flexibility index (Phi) is 6.21. The van der Waals surface area contributed by atoms with E-state index in [-0.39, 0.29) is 6.10 Å². The quantitative estimate of drug-likeness (QED) is 0.528. The van der Waals surface area contributed by atoms with Gasteiger partial charge in [-0.3, -0.25) is 0 Å². The topological polar surface area (TPSA) is 78.8 Å². The van der Waals surface area contributed by atoms with Crippen LogP contribution in [0.25, 0.3) is 0 Å². The fourth-order valence-electron chi connectivity index (χ4n) is 0.691. The maximum absolute atomic E-state index is 10.6. The molecule has 0 aromatic carbocycles. The number of hydrogen-bond donors (Lipinski definition) is 3. The molecule has 0 amide bonds. The molecule has 0 aliphatic carbocycles. The molecule has 0 saturated carbocycles. The van der Waals surface area contributed by atoms with Gasteiger partial charge in [-0.25, -0.2) is 4.79 Å². The van der Waals surface area contributed by atoms with Crippen LogP contribution in [0.2, 0.25) is 0 Å². The van der Waals surface area contributed by atoms with E-state index >= 15 is 0 Å². The molecule has 1 rings (SSSR count). The van der Waals surface area contributed by atoms with Crippen molar-refractivity contribution in [1.29, 1.82) is 0 Å². The van der Waals surface area contributed by atoms with E-state index in [1.807, 2.05) is 0 Å². The Bertz CT molecular complexity index is 189. The molecule has 1 atom stereocenters. The van der Waals surface area contributed by atoms with Crippen LogP contribution in [0, 0.1) is 0 Å². The molecular formula is C7H12F3NO4. The van der Waals surface area contributed by atoms with E-state index in [0.717, 1.165) is 13.2 Å². The normalized spacial score (nSPS) is 22.3. The zero-order valence-electron chi connectivity index (χ0n) is 7.75. The van der Waals surface area contributed by atoms with Crippen LogP contribution < -0.4 is 5.32 Å². The number of alkyl halides is 3. The zero-order valence-corrected chi connectivity index (χ0v) is 7.75. The van der Waals surface area contributed by atoms with Crippen LogP contribution in [0.4, 0.5) is 13.2 Å². The number of halogens is 3. The Morgan fingerprint density at radius 3 is 2.47 bits per heavy atom. The highest BCUT2D eigenvalue weighted by molar-refractivity contribution is 5.73. The van der Waals surface area contributed by atoms with Gasteiger partial charge in [0.1, 0.15) is 0 Å². The van der Waals surface area contributed by atoms with Gasteiger partial charge in [-0.2, -0.15) is 13.2 Å². The predicted molar refractivity (Wildman–Crippen MR) is 43.4 cm³/mol. The monoisotopic (exact) mass is 231 g/mol. The third-order valence-electron chi connectivity index (χ3n) is 1.36. The lowest BCUT2D eigenvalue weighted by Gasteiger charge is -2.02. The number of hydrogen-bond acceptors (Lipinski definition) is 4. The first-order valence-electron chi connectivity index (χ1n) is 4.10. The summed E-state index contributed by atoms with van der Waals surface area (Å²) >= 11 is 0. The van der Waals surface area contributed by atoms with Crippen molar-refractivity contribution in [1.82, 2.24) is 5.32 Å². The lowest BCUT2D eigenvalue weighted by Crippen LogP contribution is -2.26. The van der Waals surface area contributed by atoms with Crippen LogP contribution in [0.5, 0.6) is 0 Å². The smallest absolute Gasteiger partial charge is 0.475 e. The molecule has 0 bridgehead atoms. The van der Waals surface area contributed by atoms with Crippen LogP contribution in [-0.4, -0.2) is 54.8 Å². The highest BCUT2D eigenvalue weighted by Gasteiger charge is 2.38. The van der Waals surface area contributed by atoms with Crippen molar-refractivity contribution in [2.24, 2.45) is 0 Å². The molecule has 8 heteroatoms. The zero-order chi connectivity index (χ0) is 11.9. The molecule has 3 N–H and O–H groups in total. The molecule has 1 fully saturated rings. The number of aliphatic carboxylic acids is 1. The summed E-state index contributed by atoms with van der Waals surface area (Å²) in [5.41, 5.74) is 0. The number of ether oxygens (including phenoxy) is 1. The minimum Gasteiger partial charge on any atom is -0.475 e. The van der Waals surface area contributed by atoms with E-state index in [2.05, 4.69) is 5.32 Å². The Labute approximate surface area is 83.8 Å². The summed E-state index contributed by atoms with van der Waals surface area (Å²) in [7, 11) is 0. The van der Waals surface area contributed by atoms with Gasteiger partial charge in [-0.05, 0) is 0 Å². The van der Waals surface area contributed by atoms with Crippen LogP contribution in [0.1, 0.15) is 0 Å². The van der Waals surface area contributed by atoms with E-state index in [0.29, 0.717) is 13.2 Å². The lowest BCUT2D eigenvalue weighted by atomic mass is 10.4. The molecule has 0 spiro atoms. The summed E-state index contributed by atoms with van der Waals surface area (Å²) in [4.78, 5) is 8.90.